The molecule has 0 unspecified atom stereocenters. The molecule has 0 saturated heterocycles. The number of aromatic amines is 1. The Kier molecular flexibility index (Phi) is 4.57. The summed E-state index contributed by atoms with van der Waals surface area (Å²) in [5.41, 5.74) is 13.3. The first-order valence-corrected chi connectivity index (χ1v) is 9.82. The third-order valence-electron chi connectivity index (χ3n) is 5.09. The molecule has 4 aromatic heterocycles. The standard InChI is InChI=1S/C23H21N7/c1-15-3-2-4-22(28-15)23-20(13-26-29-23)16-5-6-21-17(9-16)10-18(11-25-21)19-12-27-30(14-19)8-7-24/h2-6,9-14H,7-8,24H2,1H3,(H,26,29). The molecule has 30 heavy (non-hydrogen) atoms. The molecule has 0 saturated carbocycles. The van der Waals surface area contributed by atoms with E-state index in [4.69, 9.17) is 5.73 Å². The molecule has 5 aromatic rings. The van der Waals surface area contributed by atoms with Crippen LogP contribution < -0.4 is 5.73 Å². The predicted molar refractivity (Wildman–Crippen MR) is 118 cm³/mol. The Morgan fingerprint density at radius 3 is 2.80 bits per heavy atom. The molecule has 1 aromatic carbocycles. The smallest absolute Gasteiger partial charge is 0.118 e. The number of aryl methyl sites for hydroxylation is 1. The number of nitrogens with two attached hydrogens (primary N) is 1. The molecule has 3 N–H and O–H groups in total. The van der Waals surface area contributed by atoms with E-state index in [1.165, 1.54) is 0 Å². The number of nitrogens with zero attached hydrogens (tertiary/aromatic N) is 5. The van der Waals surface area contributed by atoms with Gasteiger partial charge in [0.2, 0.25) is 0 Å². The zero-order valence-corrected chi connectivity index (χ0v) is 16.6. The van der Waals surface area contributed by atoms with Crippen molar-refractivity contribution in [2.24, 2.45) is 5.73 Å². The van der Waals surface area contributed by atoms with Gasteiger partial charge >= 0.3 is 0 Å². The highest BCUT2D eigenvalue weighted by Crippen LogP contribution is 2.32. The first-order valence-electron chi connectivity index (χ1n) is 9.82. The average molecular weight is 395 g/mol. The lowest BCUT2D eigenvalue weighted by molar-refractivity contribution is 0.625. The lowest BCUT2D eigenvalue weighted by Gasteiger charge is -2.06. The Labute approximate surface area is 173 Å². The number of nitrogens with one attached hydrogen (secondary N) is 1. The van der Waals surface area contributed by atoms with Crippen LogP contribution in [0.1, 0.15) is 5.69 Å². The molecule has 7 nitrogen and oxygen atoms in total. The predicted octanol–water partition coefficient (Wildman–Crippen LogP) is 3.82. The van der Waals surface area contributed by atoms with Crippen LogP contribution in [0, 0.1) is 6.92 Å². The summed E-state index contributed by atoms with van der Waals surface area (Å²) in [5, 5.41) is 12.9. The van der Waals surface area contributed by atoms with Crippen LogP contribution in [0.25, 0.3) is 44.5 Å². The normalized spacial score (nSPS) is 11.3. The summed E-state index contributed by atoms with van der Waals surface area (Å²) in [6, 6.07) is 14.3. The fourth-order valence-corrected chi connectivity index (χ4v) is 3.60. The molecule has 5 rings (SSSR count). The van der Waals surface area contributed by atoms with E-state index in [9.17, 15) is 0 Å². The average Bonchev–Trinajstić information content (AvgIpc) is 3.43. The molecule has 0 aliphatic rings. The van der Waals surface area contributed by atoms with Crippen LogP contribution in [-0.4, -0.2) is 36.5 Å². The molecule has 0 spiro atoms. The van der Waals surface area contributed by atoms with E-state index in [1.54, 1.807) is 0 Å². The molecule has 0 aliphatic carbocycles. The third kappa shape index (κ3) is 3.35. The first-order chi connectivity index (χ1) is 14.7. The SMILES string of the molecule is Cc1cccc(-c2n[nH]cc2-c2ccc3ncc(-c4cnn(CCN)c4)cc3c2)n1. The monoisotopic (exact) mass is 395 g/mol. The van der Waals surface area contributed by atoms with Gasteiger partial charge in [0, 0.05) is 52.9 Å². The zero-order chi connectivity index (χ0) is 20.5. The van der Waals surface area contributed by atoms with E-state index < -0.39 is 0 Å². The first kappa shape index (κ1) is 18.2. The molecular weight excluding hydrogens is 374 g/mol. The van der Waals surface area contributed by atoms with E-state index in [0.29, 0.717) is 13.1 Å². The molecule has 0 atom stereocenters. The Bertz CT molecular complexity index is 1330. The van der Waals surface area contributed by atoms with Crippen LogP contribution in [0.15, 0.2) is 67.3 Å². The summed E-state index contributed by atoms with van der Waals surface area (Å²) in [5.74, 6) is 0. The number of hydrogen-bond donors (Lipinski definition) is 2. The Morgan fingerprint density at radius 1 is 1.03 bits per heavy atom. The van der Waals surface area contributed by atoms with Crippen LogP contribution in [0.2, 0.25) is 0 Å². The summed E-state index contributed by atoms with van der Waals surface area (Å²) in [6.45, 7) is 3.24. The highest BCUT2D eigenvalue weighted by atomic mass is 15.3. The summed E-state index contributed by atoms with van der Waals surface area (Å²) in [6.07, 6.45) is 7.64. The van der Waals surface area contributed by atoms with E-state index in [1.807, 2.05) is 60.7 Å². The van der Waals surface area contributed by atoms with Crippen LogP contribution in [0.5, 0.6) is 0 Å². The van der Waals surface area contributed by atoms with Crippen molar-refractivity contribution in [2.45, 2.75) is 13.5 Å². The van der Waals surface area contributed by atoms with Crippen molar-refractivity contribution < 1.29 is 0 Å². The van der Waals surface area contributed by atoms with Gasteiger partial charge in [-0.1, -0.05) is 12.1 Å². The highest BCUT2D eigenvalue weighted by Gasteiger charge is 2.13. The minimum absolute atomic E-state index is 0.559. The van der Waals surface area contributed by atoms with Crippen molar-refractivity contribution in [3.8, 4) is 33.6 Å². The van der Waals surface area contributed by atoms with E-state index in [-0.39, 0.29) is 0 Å². The van der Waals surface area contributed by atoms with Gasteiger partial charge in [0.15, 0.2) is 0 Å². The number of rotatable bonds is 5. The molecule has 0 amide bonds. The van der Waals surface area contributed by atoms with E-state index in [0.717, 1.165) is 50.2 Å². The van der Waals surface area contributed by atoms with Gasteiger partial charge in [-0.2, -0.15) is 10.2 Å². The largest absolute Gasteiger partial charge is 0.329 e. The maximum Gasteiger partial charge on any atom is 0.118 e. The fourth-order valence-electron chi connectivity index (χ4n) is 3.60. The summed E-state index contributed by atoms with van der Waals surface area (Å²) in [7, 11) is 0. The van der Waals surface area contributed by atoms with Crippen molar-refractivity contribution in [3.05, 3.63) is 72.9 Å². The zero-order valence-electron chi connectivity index (χ0n) is 16.6. The van der Waals surface area contributed by atoms with E-state index in [2.05, 4.69) is 43.5 Å². The van der Waals surface area contributed by atoms with Crippen LogP contribution in [0.3, 0.4) is 0 Å². The van der Waals surface area contributed by atoms with E-state index >= 15 is 0 Å². The molecule has 0 aliphatic heterocycles. The molecular formula is C23H21N7. The van der Waals surface area contributed by atoms with Crippen molar-refractivity contribution in [1.82, 2.24) is 29.9 Å². The van der Waals surface area contributed by atoms with Crippen molar-refractivity contribution in [2.75, 3.05) is 6.54 Å². The molecule has 7 heteroatoms. The van der Waals surface area contributed by atoms with Crippen LogP contribution in [0.4, 0.5) is 0 Å². The van der Waals surface area contributed by atoms with Gasteiger partial charge in [0.1, 0.15) is 5.69 Å². The molecule has 4 heterocycles. The summed E-state index contributed by atoms with van der Waals surface area (Å²) < 4.78 is 1.85. The van der Waals surface area contributed by atoms with Gasteiger partial charge in [-0.25, -0.2) is 0 Å². The maximum absolute atomic E-state index is 5.62. The Morgan fingerprint density at radius 2 is 1.93 bits per heavy atom. The molecule has 0 bridgehead atoms. The highest BCUT2D eigenvalue weighted by molar-refractivity contribution is 5.90. The van der Waals surface area contributed by atoms with Crippen LogP contribution >= 0.6 is 0 Å². The number of hydrogen-bond acceptors (Lipinski definition) is 5. The number of aromatic nitrogens is 6. The number of H-pyrrole nitrogens is 1. The van der Waals surface area contributed by atoms with Gasteiger partial charge in [-0.05, 0) is 42.8 Å². The Hall–Kier alpha value is -3.84. The summed E-state index contributed by atoms with van der Waals surface area (Å²) in [4.78, 5) is 9.25. The lowest BCUT2D eigenvalue weighted by Crippen LogP contribution is -2.09. The maximum atomic E-state index is 5.62. The summed E-state index contributed by atoms with van der Waals surface area (Å²) >= 11 is 0. The second kappa shape index (κ2) is 7.53. The van der Waals surface area contributed by atoms with Gasteiger partial charge < -0.3 is 5.73 Å². The quantitative estimate of drug-likeness (QED) is 0.471. The number of benzene rings is 1. The lowest BCUT2D eigenvalue weighted by atomic mass is 10.0. The second-order valence-corrected chi connectivity index (χ2v) is 7.22. The van der Waals surface area contributed by atoms with Crippen LogP contribution in [-0.2, 0) is 6.54 Å². The minimum atomic E-state index is 0.559. The topological polar surface area (TPSA) is 98.3 Å². The molecule has 0 fully saturated rings. The van der Waals surface area contributed by atoms with Crippen molar-refractivity contribution in [1.29, 1.82) is 0 Å². The second-order valence-electron chi connectivity index (χ2n) is 7.22. The molecule has 0 radical (unpaired) electrons. The number of fused-ring (bicyclic) bond motifs is 1. The Balaban J connectivity index is 1.56. The van der Waals surface area contributed by atoms with Crippen molar-refractivity contribution >= 4 is 10.9 Å². The fraction of sp³-hybridized carbons (Fsp3) is 0.130. The third-order valence-corrected chi connectivity index (χ3v) is 5.09. The van der Waals surface area contributed by atoms with Gasteiger partial charge in [-0.3, -0.25) is 19.7 Å². The number of pyridine rings is 2. The van der Waals surface area contributed by atoms with Gasteiger partial charge in [0.05, 0.1) is 24.0 Å². The van der Waals surface area contributed by atoms with Gasteiger partial charge in [-0.15, -0.1) is 0 Å². The van der Waals surface area contributed by atoms with Crippen molar-refractivity contribution in [3.63, 3.8) is 0 Å². The minimum Gasteiger partial charge on any atom is -0.329 e. The van der Waals surface area contributed by atoms with Gasteiger partial charge in [0.25, 0.3) is 0 Å². The molecule has 148 valence electrons.